The molecule has 2 aromatic rings. The third-order valence-electron chi connectivity index (χ3n) is 2.52. The molecule has 0 saturated heterocycles. The van der Waals surface area contributed by atoms with Crippen molar-refractivity contribution in [2.45, 2.75) is 13.3 Å². The van der Waals surface area contributed by atoms with Crippen LogP contribution in [0.5, 0.6) is 5.75 Å². The summed E-state index contributed by atoms with van der Waals surface area (Å²) in [4.78, 5) is 4.27. The van der Waals surface area contributed by atoms with Crippen LogP contribution in [0.2, 0.25) is 0 Å². The lowest BCUT2D eigenvalue weighted by atomic mass is 10.1. The molecule has 0 aliphatic heterocycles. The van der Waals surface area contributed by atoms with Crippen LogP contribution in [-0.4, -0.2) is 17.3 Å². The minimum Gasteiger partial charge on any atom is -0.496 e. The lowest BCUT2D eigenvalue weighted by Gasteiger charge is -2.03. The number of methoxy groups -OCH3 is 1. The molecule has 1 aromatic heterocycles. The summed E-state index contributed by atoms with van der Waals surface area (Å²) < 4.78 is 10.4. The Morgan fingerprint density at radius 3 is 2.94 bits per heavy atom. The highest BCUT2D eigenvalue weighted by molar-refractivity contribution is 5.63. The second-order valence-electron chi connectivity index (χ2n) is 3.95. The van der Waals surface area contributed by atoms with Crippen molar-refractivity contribution in [1.29, 1.82) is 5.26 Å². The SMILES string of the molecule is COc1ccccc1-c1noc(CC(C)C#N)n1. The Hall–Kier alpha value is -2.35. The fourth-order valence-corrected chi connectivity index (χ4v) is 1.58. The first kappa shape index (κ1) is 12.1. The second-order valence-corrected chi connectivity index (χ2v) is 3.95. The van der Waals surface area contributed by atoms with Gasteiger partial charge in [0.25, 0.3) is 0 Å². The van der Waals surface area contributed by atoms with Crippen LogP contribution in [0.3, 0.4) is 0 Å². The molecule has 2 rings (SSSR count). The van der Waals surface area contributed by atoms with Gasteiger partial charge in [-0.15, -0.1) is 0 Å². The lowest BCUT2D eigenvalue weighted by molar-refractivity contribution is 0.369. The maximum Gasteiger partial charge on any atom is 0.228 e. The van der Waals surface area contributed by atoms with Crippen molar-refractivity contribution >= 4 is 0 Å². The van der Waals surface area contributed by atoms with Gasteiger partial charge in [0.05, 0.1) is 24.7 Å². The second kappa shape index (κ2) is 5.32. The summed E-state index contributed by atoms with van der Waals surface area (Å²) in [6, 6.07) is 9.59. The predicted molar refractivity (Wildman–Crippen MR) is 64.8 cm³/mol. The normalized spacial score (nSPS) is 11.8. The van der Waals surface area contributed by atoms with Crippen LogP contribution < -0.4 is 4.74 Å². The zero-order valence-corrected chi connectivity index (χ0v) is 10.3. The van der Waals surface area contributed by atoms with E-state index in [0.29, 0.717) is 23.9 Å². The van der Waals surface area contributed by atoms with E-state index in [0.717, 1.165) is 5.56 Å². The first-order chi connectivity index (χ1) is 8.74. The first-order valence-corrected chi connectivity index (χ1v) is 5.60. The molecule has 0 bridgehead atoms. The van der Waals surface area contributed by atoms with Crippen LogP contribution in [0.4, 0.5) is 0 Å². The van der Waals surface area contributed by atoms with Crippen molar-refractivity contribution in [1.82, 2.24) is 10.1 Å². The minimum absolute atomic E-state index is 0.143. The van der Waals surface area contributed by atoms with Gasteiger partial charge in [0.2, 0.25) is 11.7 Å². The fraction of sp³-hybridized carbons (Fsp3) is 0.308. The monoisotopic (exact) mass is 243 g/mol. The van der Waals surface area contributed by atoms with Gasteiger partial charge >= 0.3 is 0 Å². The van der Waals surface area contributed by atoms with E-state index in [1.807, 2.05) is 31.2 Å². The van der Waals surface area contributed by atoms with Crippen molar-refractivity contribution in [2.75, 3.05) is 7.11 Å². The number of benzene rings is 1. The number of aromatic nitrogens is 2. The molecule has 0 spiro atoms. The largest absolute Gasteiger partial charge is 0.496 e. The van der Waals surface area contributed by atoms with Crippen LogP contribution in [0.25, 0.3) is 11.4 Å². The number of nitriles is 1. The van der Waals surface area contributed by atoms with E-state index in [9.17, 15) is 0 Å². The van der Waals surface area contributed by atoms with E-state index in [2.05, 4.69) is 16.2 Å². The van der Waals surface area contributed by atoms with Crippen molar-refractivity contribution < 1.29 is 9.26 Å². The molecule has 18 heavy (non-hydrogen) atoms. The van der Waals surface area contributed by atoms with Gasteiger partial charge in [-0.1, -0.05) is 17.3 Å². The number of hydrogen-bond acceptors (Lipinski definition) is 5. The first-order valence-electron chi connectivity index (χ1n) is 5.60. The zero-order valence-electron chi connectivity index (χ0n) is 10.3. The third kappa shape index (κ3) is 2.48. The Morgan fingerprint density at radius 2 is 2.22 bits per heavy atom. The van der Waals surface area contributed by atoms with Crippen LogP contribution in [0, 0.1) is 17.2 Å². The van der Waals surface area contributed by atoms with Crippen LogP contribution in [0.15, 0.2) is 28.8 Å². The van der Waals surface area contributed by atoms with Gasteiger partial charge < -0.3 is 9.26 Å². The molecule has 1 heterocycles. The Labute approximate surface area is 105 Å². The molecular formula is C13H13N3O2. The summed E-state index contributed by atoms with van der Waals surface area (Å²) in [6.45, 7) is 1.81. The molecule has 1 atom stereocenters. The summed E-state index contributed by atoms with van der Waals surface area (Å²) in [5.74, 6) is 1.49. The van der Waals surface area contributed by atoms with Gasteiger partial charge in [-0.25, -0.2) is 0 Å². The van der Waals surface area contributed by atoms with Gasteiger partial charge in [-0.3, -0.25) is 0 Å². The molecule has 0 radical (unpaired) electrons. The highest BCUT2D eigenvalue weighted by Gasteiger charge is 2.14. The average molecular weight is 243 g/mol. The molecule has 0 saturated carbocycles. The topological polar surface area (TPSA) is 71.9 Å². The molecule has 1 aromatic carbocycles. The molecule has 0 amide bonds. The van der Waals surface area contributed by atoms with Crippen molar-refractivity contribution in [3.8, 4) is 23.2 Å². The Bertz CT molecular complexity index is 572. The Balaban J connectivity index is 2.27. The Morgan fingerprint density at radius 1 is 1.44 bits per heavy atom. The van der Waals surface area contributed by atoms with E-state index in [4.69, 9.17) is 14.5 Å². The standard InChI is InChI=1S/C13H13N3O2/c1-9(8-14)7-12-15-13(16-18-12)10-5-3-4-6-11(10)17-2/h3-6,9H,7H2,1-2H3. The number of nitrogens with zero attached hydrogens (tertiary/aromatic N) is 3. The van der Waals surface area contributed by atoms with Crippen LogP contribution >= 0.6 is 0 Å². The minimum atomic E-state index is -0.143. The van der Waals surface area contributed by atoms with Crippen LogP contribution in [0.1, 0.15) is 12.8 Å². The Kier molecular flexibility index (Phi) is 3.58. The quantitative estimate of drug-likeness (QED) is 0.824. The van der Waals surface area contributed by atoms with Crippen molar-refractivity contribution in [3.05, 3.63) is 30.2 Å². The van der Waals surface area contributed by atoms with Crippen molar-refractivity contribution in [3.63, 3.8) is 0 Å². The highest BCUT2D eigenvalue weighted by atomic mass is 16.5. The van der Waals surface area contributed by atoms with E-state index < -0.39 is 0 Å². The number of hydrogen-bond donors (Lipinski definition) is 0. The van der Waals surface area contributed by atoms with E-state index in [-0.39, 0.29) is 5.92 Å². The number of para-hydroxylation sites is 1. The van der Waals surface area contributed by atoms with Crippen LogP contribution in [-0.2, 0) is 6.42 Å². The molecule has 0 N–H and O–H groups in total. The van der Waals surface area contributed by atoms with Gasteiger partial charge in [0.15, 0.2) is 0 Å². The smallest absolute Gasteiger partial charge is 0.228 e. The molecule has 0 aliphatic carbocycles. The molecule has 0 fully saturated rings. The summed E-state index contributed by atoms with van der Waals surface area (Å²) in [7, 11) is 1.59. The molecule has 0 aliphatic rings. The van der Waals surface area contributed by atoms with Gasteiger partial charge in [-0.2, -0.15) is 10.2 Å². The number of ether oxygens (including phenoxy) is 1. The van der Waals surface area contributed by atoms with Gasteiger partial charge in [0.1, 0.15) is 5.75 Å². The van der Waals surface area contributed by atoms with Crippen molar-refractivity contribution in [2.24, 2.45) is 5.92 Å². The zero-order chi connectivity index (χ0) is 13.0. The van der Waals surface area contributed by atoms with E-state index in [1.54, 1.807) is 7.11 Å². The lowest BCUT2D eigenvalue weighted by Crippen LogP contribution is -1.96. The van der Waals surface area contributed by atoms with E-state index in [1.165, 1.54) is 0 Å². The summed E-state index contributed by atoms with van der Waals surface area (Å²) in [6.07, 6.45) is 0.457. The maximum atomic E-state index is 8.74. The summed E-state index contributed by atoms with van der Waals surface area (Å²) in [5, 5.41) is 12.6. The molecule has 5 heteroatoms. The van der Waals surface area contributed by atoms with E-state index >= 15 is 0 Å². The number of rotatable bonds is 4. The predicted octanol–water partition coefficient (Wildman–Crippen LogP) is 2.45. The maximum absolute atomic E-state index is 8.74. The molecule has 5 nitrogen and oxygen atoms in total. The molecule has 92 valence electrons. The van der Waals surface area contributed by atoms with Gasteiger partial charge in [0, 0.05) is 6.42 Å². The highest BCUT2D eigenvalue weighted by Crippen LogP contribution is 2.27. The third-order valence-corrected chi connectivity index (χ3v) is 2.52. The average Bonchev–Trinajstić information content (AvgIpc) is 2.86. The summed E-state index contributed by atoms with van der Waals surface area (Å²) in [5.41, 5.74) is 0.777. The summed E-state index contributed by atoms with van der Waals surface area (Å²) >= 11 is 0. The molecule has 1 unspecified atom stereocenters. The van der Waals surface area contributed by atoms with Gasteiger partial charge in [-0.05, 0) is 19.1 Å². The molecular weight excluding hydrogens is 230 g/mol. The fourth-order valence-electron chi connectivity index (χ4n) is 1.58.